The Kier molecular flexibility index (Phi) is 4.73. The lowest BCUT2D eigenvalue weighted by molar-refractivity contribution is 0.240. The van der Waals surface area contributed by atoms with Crippen molar-refractivity contribution in [1.82, 2.24) is 5.32 Å². The zero-order chi connectivity index (χ0) is 15.3. The lowest BCUT2D eigenvalue weighted by Crippen LogP contribution is -2.48. The second-order valence-electron chi connectivity index (χ2n) is 5.31. The summed E-state index contributed by atoms with van der Waals surface area (Å²) < 4.78 is 26.3. The fourth-order valence-corrected chi connectivity index (χ4v) is 2.56. The van der Waals surface area contributed by atoms with Gasteiger partial charge in [0, 0.05) is 6.07 Å². The van der Waals surface area contributed by atoms with Gasteiger partial charge < -0.3 is 10.6 Å². The average molecular weight is 293 g/mol. The van der Waals surface area contributed by atoms with Gasteiger partial charge in [0.2, 0.25) is 0 Å². The van der Waals surface area contributed by atoms with E-state index in [0.717, 1.165) is 37.8 Å². The van der Waals surface area contributed by atoms with Gasteiger partial charge in [0.25, 0.3) is 0 Å². The maximum absolute atomic E-state index is 13.5. The quantitative estimate of drug-likeness (QED) is 0.816. The maximum Gasteiger partial charge on any atom is 0.320 e. The maximum atomic E-state index is 13.5. The molecule has 0 aromatic heterocycles. The molecule has 0 unspecified atom stereocenters. The van der Waals surface area contributed by atoms with Gasteiger partial charge in [-0.1, -0.05) is 25.7 Å². The van der Waals surface area contributed by atoms with Gasteiger partial charge in [0.1, 0.15) is 17.2 Å². The van der Waals surface area contributed by atoms with Crippen molar-refractivity contribution >= 4 is 11.7 Å². The van der Waals surface area contributed by atoms with Gasteiger partial charge >= 0.3 is 6.03 Å². The lowest BCUT2D eigenvalue weighted by Gasteiger charge is -2.26. The summed E-state index contributed by atoms with van der Waals surface area (Å²) in [6.45, 7) is 0. The summed E-state index contributed by atoms with van der Waals surface area (Å²) in [6, 6.07) is 4.43. The number of urea groups is 1. The molecular weight excluding hydrogens is 276 g/mol. The van der Waals surface area contributed by atoms with Crippen LogP contribution in [0.1, 0.15) is 38.5 Å². The third-order valence-electron chi connectivity index (χ3n) is 3.70. The fraction of sp³-hybridized carbons (Fsp3) is 0.467. The Labute approximate surface area is 122 Å². The van der Waals surface area contributed by atoms with E-state index in [1.165, 1.54) is 0 Å². The van der Waals surface area contributed by atoms with Crippen LogP contribution in [0.5, 0.6) is 0 Å². The molecule has 2 rings (SSSR count). The molecule has 1 saturated carbocycles. The first kappa shape index (κ1) is 15.2. The summed E-state index contributed by atoms with van der Waals surface area (Å²) in [7, 11) is 0. The molecule has 112 valence electrons. The molecule has 1 aliphatic rings. The second-order valence-corrected chi connectivity index (χ2v) is 5.31. The van der Waals surface area contributed by atoms with Crippen molar-refractivity contribution in [3.8, 4) is 6.07 Å². The zero-order valence-electron chi connectivity index (χ0n) is 11.6. The van der Waals surface area contributed by atoms with Crippen LogP contribution in [-0.4, -0.2) is 11.6 Å². The number of carbonyl (C=O) groups excluding carboxylic acids is 1. The molecule has 0 spiro atoms. The summed E-state index contributed by atoms with van der Waals surface area (Å²) in [6.07, 6.45) is 5.00. The number of nitrogens with zero attached hydrogens (tertiary/aromatic N) is 1. The molecule has 1 aliphatic carbocycles. The van der Waals surface area contributed by atoms with Gasteiger partial charge in [-0.2, -0.15) is 5.26 Å². The molecule has 0 bridgehead atoms. The average Bonchev–Trinajstić information content (AvgIpc) is 2.68. The van der Waals surface area contributed by atoms with Crippen LogP contribution in [0.15, 0.2) is 18.2 Å². The Morgan fingerprint density at radius 2 is 1.86 bits per heavy atom. The first-order chi connectivity index (χ1) is 10.0. The summed E-state index contributed by atoms with van der Waals surface area (Å²) in [4.78, 5) is 12.0. The van der Waals surface area contributed by atoms with E-state index in [4.69, 9.17) is 0 Å². The van der Waals surface area contributed by atoms with Crippen molar-refractivity contribution in [1.29, 1.82) is 5.26 Å². The monoisotopic (exact) mass is 293 g/mol. The predicted molar refractivity (Wildman–Crippen MR) is 74.6 cm³/mol. The van der Waals surface area contributed by atoms with E-state index < -0.39 is 23.2 Å². The first-order valence-corrected chi connectivity index (χ1v) is 7.00. The lowest BCUT2D eigenvalue weighted by atomic mass is 9.92. The number of hydrogen-bond donors (Lipinski definition) is 2. The molecule has 21 heavy (non-hydrogen) atoms. The number of carbonyl (C=O) groups is 1. The van der Waals surface area contributed by atoms with Crippen LogP contribution in [0.4, 0.5) is 19.3 Å². The van der Waals surface area contributed by atoms with Gasteiger partial charge in [-0.05, 0) is 25.0 Å². The van der Waals surface area contributed by atoms with E-state index in [0.29, 0.717) is 18.9 Å². The highest BCUT2D eigenvalue weighted by Crippen LogP contribution is 2.26. The number of anilines is 1. The van der Waals surface area contributed by atoms with Crippen LogP contribution in [0.25, 0.3) is 0 Å². The van der Waals surface area contributed by atoms with E-state index >= 15 is 0 Å². The molecule has 0 atom stereocenters. The molecular formula is C15H17F2N3O. The van der Waals surface area contributed by atoms with E-state index in [9.17, 15) is 18.8 Å². The first-order valence-electron chi connectivity index (χ1n) is 7.00. The Morgan fingerprint density at radius 3 is 2.43 bits per heavy atom. The van der Waals surface area contributed by atoms with Gasteiger partial charge in [0.05, 0.1) is 11.8 Å². The van der Waals surface area contributed by atoms with Gasteiger partial charge in [-0.25, -0.2) is 13.6 Å². The van der Waals surface area contributed by atoms with Crippen LogP contribution in [0, 0.1) is 23.0 Å². The van der Waals surface area contributed by atoms with Crippen LogP contribution in [0.3, 0.4) is 0 Å². The number of hydrogen-bond acceptors (Lipinski definition) is 2. The molecule has 0 saturated heterocycles. The number of rotatable bonds is 2. The second kappa shape index (κ2) is 6.53. The van der Waals surface area contributed by atoms with Gasteiger partial charge in [0.15, 0.2) is 0 Å². The van der Waals surface area contributed by atoms with E-state index in [2.05, 4.69) is 16.7 Å². The van der Waals surface area contributed by atoms with Crippen molar-refractivity contribution < 1.29 is 13.6 Å². The van der Waals surface area contributed by atoms with E-state index in [1.54, 1.807) is 0 Å². The summed E-state index contributed by atoms with van der Waals surface area (Å²) in [5, 5.41) is 14.3. The fourth-order valence-electron chi connectivity index (χ4n) is 2.56. The summed E-state index contributed by atoms with van der Waals surface area (Å²) >= 11 is 0. The largest absolute Gasteiger partial charge is 0.320 e. The highest BCUT2D eigenvalue weighted by atomic mass is 19.1. The molecule has 0 heterocycles. The number of nitrogens with one attached hydrogen (secondary N) is 2. The number of halogens is 2. The van der Waals surface area contributed by atoms with Crippen molar-refractivity contribution in [2.45, 2.75) is 44.1 Å². The highest BCUT2D eigenvalue weighted by molar-refractivity contribution is 5.90. The van der Waals surface area contributed by atoms with E-state index in [1.807, 2.05) is 0 Å². The minimum atomic E-state index is -0.906. The van der Waals surface area contributed by atoms with Gasteiger partial charge in [-0.3, -0.25) is 0 Å². The normalized spacial score (nSPS) is 17.4. The van der Waals surface area contributed by atoms with E-state index in [-0.39, 0.29) is 5.69 Å². The highest BCUT2D eigenvalue weighted by Gasteiger charge is 2.32. The third-order valence-corrected chi connectivity index (χ3v) is 3.70. The number of amides is 2. The summed E-state index contributed by atoms with van der Waals surface area (Å²) in [5.74, 6) is -1.56. The molecule has 1 fully saturated rings. The molecule has 0 radical (unpaired) electrons. The molecule has 2 amide bonds. The standard InChI is InChI=1S/C15H17F2N3O/c16-11-5-6-13(12(17)9-11)19-14(21)20-15(10-18)7-3-1-2-4-8-15/h5-6,9H,1-4,7-8H2,(H2,19,20,21). The summed E-state index contributed by atoms with van der Waals surface area (Å²) in [5.41, 5.74) is -1.02. The molecule has 6 heteroatoms. The van der Waals surface area contributed by atoms with Crippen molar-refractivity contribution in [3.05, 3.63) is 29.8 Å². The topological polar surface area (TPSA) is 64.9 Å². The Morgan fingerprint density at radius 1 is 1.19 bits per heavy atom. The Hall–Kier alpha value is -2.16. The van der Waals surface area contributed by atoms with Crippen molar-refractivity contribution in [2.24, 2.45) is 0 Å². The molecule has 1 aromatic carbocycles. The van der Waals surface area contributed by atoms with Crippen LogP contribution < -0.4 is 10.6 Å². The molecule has 4 nitrogen and oxygen atoms in total. The van der Waals surface area contributed by atoms with Crippen LogP contribution >= 0.6 is 0 Å². The van der Waals surface area contributed by atoms with Crippen molar-refractivity contribution in [2.75, 3.05) is 5.32 Å². The van der Waals surface area contributed by atoms with Gasteiger partial charge in [-0.15, -0.1) is 0 Å². The Bertz CT molecular complexity index is 561. The molecule has 0 aliphatic heterocycles. The minimum absolute atomic E-state index is 0.115. The predicted octanol–water partition coefficient (Wildman–Crippen LogP) is 3.70. The third kappa shape index (κ3) is 3.91. The van der Waals surface area contributed by atoms with Crippen LogP contribution in [-0.2, 0) is 0 Å². The Balaban J connectivity index is 2.04. The smallest absolute Gasteiger partial charge is 0.319 e. The molecule has 2 N–H and O–H groups in total. The molecule has 1 aromatic rings. The number of benzene rings is 1. The minimum Gasteiger partial charge on any atom is -0.319 e. The van der Waals surface area contributed by atoms with Crippen molar-refractivity contribution in [3.63, 3.8) is 0 Å². The SMILES string of the molecule is N#CC1(NC(=O)Nc2ccc(F)cc2F)CCCCCC1. The van der Waals surface area contributed by atoms with Crippen LogP contribution in [0.2, 0.25) is 0 Å². The zero-order valence-corrected chi connectivity index (χ0v) is 11.6. The number of nitriles is 1.